The average molecular weight is 295 g/mol. The maximum absolute atomic E-state index is 11.7. The van der Waals surface area contributed by atoms with E-state index in [1.54, 1.807) is 0 Å². The Kier molecular flexibility index (Phi) is 5.65. The van der Waals surface area contributed by atoms with Gasteiger partial charge in [-0.15, -0.1) is 4.91 Å². The molecule has 0 saturated carbocycles. The molecule has 2 rings (SSSR count). The van der Waals surface area contributed by atoms with E-state index in [2.05, 4.69) is 5.18 Å². The van der Waals surface area contributed by atoms with Gasteiger partial charge in [0.05, 0.1) is 12.7 Å². The van der Waals surface area contributed by atoms with Crippen molar-refractivity contribution in [3.63, 3.8) is 0 Å². The van der Waals surface area contributed by atoms with Crippen molar-refractivity contribution < 1.29 is 23.7 Å². The van der Waals surface area contributed by atoms with Crippen LogP contribution in [0, 0.1) is 4.91 Å². The van der Waals surface area contributed by atoms with Gasteiger partial charge in [0.1, 0.15) is 24.3 Å². The van der Waals surface area contributed by atoms with Crippen LogP contribution in [0.4, 0.5) is 10.5 Å². The summed E-state index contributed by atoms with van der Waals surface area (Å²) in [5, 5.41) is 2.76. The maximum atomic E-state index is 11.7. The first-order valence-electron chi connectivity index (χ1n) is 6.68. The normalized spacial score (nSPS) is 22.7. The van der Waals surface area contributed by atoms with Gasteiger partial charge in [0.2, 0.25) is 0 Å². The van der Waals surface area contributed by atoms with Gasteiger partial charge in [0, 0.05) is 0 Å². The number of carbonyl (C=O) groups excluding carboxylic acids is 1. The number of nitroso groups, excluding NO2 is 1. The van der Waals surface area contributed by atoms with E-state index in [1.165, 1.54) is 24.3 Å². The molecule has 1 aliphatic heterocycles. The second kappa shape index (κ2) is 7.70. The van der Waals surface area contributed by atoms with Gasteiger partial charge >= 0.3 is 6.16 Å². The van der Waals surface area contributed by atoms with Gasteiger partial charge in [-0.2, -0.15) is 0 Å². The first-order chi connectivity index (χ1) is 10.2. The topological polar surface area (TPSA) is 83.4 Å². The minimum atomic E-state index is -0.801. The summed E-state index contributed by atoms with van der Waals surface area (Å²) in [5.74, 6) is 0.288. The molecule has 2 atom stereocenters. The van der Waals surface area contributed by atoms with Gasteiger partial charge in [-0.3, -0.25) is 0 Å². The molecule has 0 amide bonds. The molecule has 114 valence electrons. The minimum absolute atomic E-state index is 0.0656. The Morgan fingerprint density at radius 3 is 2.76 bits per heavy atom. The van der Waals surface area contributed by atoms with E-state index in [-0.39, 0.29) is 37.0 Å². The second-order valence-electron chi connectivity index (χ2n) is 4.72. The summed E-state index contributed by atoms with van der Waals surface area (Å²) in [6, 6.07) is 5.85. The zero-order valence-electron chi connectivity index (χ0n) is 11.7. The lowest BCUT2D eigenvalue weighted by atomic mass is 10.1. The van der Waals surface area contributed by atoms with Crippen molar-refractivity contribution in [2.24, 2.45) is 5.18 Å². The largest absolute Gasteiger partial charge is 0.514 e. The molecule has 0 aliphatic carbocycles. The van der Waals surface area contributed by atoms with Crippen molar-refractivity contribution in [1.29, 1.82) is 0 Å². The molecule has 0 aromatic heterocycles. The fourth-order valence-corrected chi connectivity index (χ4v) is 1.86. The predicted molar refractivity (Wildman–Crippen MR) is 73.4 cm³/mol. The standard InChI is InChI=1S/C14H17NO6/c1-10-2-5-13(8-18-9-19-10)21-14(16)20-12-6-3-11(15-17)4-7-12/h3-4,6-7,10,13H,2,5,8-9H2,1H3. The van der Waals surface area contributed by atoms with Crippen molar-refractivity contribution in [3.8, 4) is 5.75 Å². The van der Waals surface area contributed by atoms with E-state index in [9.17, 15) is 9.70 Å². The summed E-state index contributed by atoms with van der Waals surface area (Å²) in [6.07, 6.45) is 0.325. The van der Waals surface area contributed by atoms with Crippen LogP contribution in [0.5, 0.6) is 5.75 Å². The Labute approximate surface area is 122 Å². The molecule has 1 aliphatic rings. The van der Waals surface area contributed by atoms with Crippen LogP contribution in [0.15, 0.2) is 29.4 Å². The lowest BCUT2D eigenvalue weighted by Crippen LogP contribution is -2.30. The summed E-state index contributed by atoms with van der Waals surface area (Å²) in [7, 11) is 0. The van der Waals surface area contributed by atoms with Gasteiger partial charge in [-0.05, 0) is 49.2 Å². The molecule has 1 aromatic rings. The smallest absolute Gasteiger partial charge is 0.428 e. The van der Waals surface area contributed by atoms with Gasteiger partial charge in [-0.1, -0.05) is 0 Å². The Hall–Kier alpha value is -1.99. The number of carbonyl (C=O) groups is 1. The maximum Gasteiger partial charge on any atom is 0.514 e. The Morgan fingerprint density at radius 1 is 1.29 bits per heavy atom. The van der Waals surface area contributed by atoms with Crippen molar-refractivity contribution in [1.82, 2.24) is 0 Å². The van der Waals surface area contributed by atoms with E-state index < -0.39 is 6.16 Å². The monoisotopic (exact) mass is 295 g/mol. The van der Waals surface area contributed by atoms with Gasteiger partial charge in [-0.25, -0.2) is 4.79 Å². The molecular formula is C14H17NO6. The Bertz CT molecular complexity index is 475. The summed E-state index contributed by atoms with van der Waals surface area (Å²) in [6.45, 7) is 2.40. The molecule has 2 unspecified atom stereocenters. The number of hydrogen-bond acceptors (Lipinski definition) is 7. The molecule has 1 aromatic carbocycles. The minimum Gasteiger partial charge on any atom is -0.428 e. The quantitative estimate of drug-likeness (QED) is 0.484. The van der Waals surface area contributed by atoms with Crippen LogP contribution < -0.4 is 4.74 Å². The van der Waals surface area contributed by atoms with E-state index in [0.29, 0.717) is 6.42 Å². The van der Waals surface area contributed by atoms with Crippen LogP contribution >= 0.6 is 0 Å². The van der Waals surface area contributed by atoms with Gasteiger partial charge < -0.3 is 18.9 Å². The van der Waals surface area contributed by atoms with E-state index in [4.69, 9.17) is 18.9 Å². The molecule has 7 nitrogen and oxygen atoms in total. The van der Waals surface area contributed by atoms with Crippen LogP contribution in [0.1, 0.15) is 19.8 Å². The molecule has 0 radical (unpaired) electrons. The highest BCUT2D eigenvalue weighted by molar-refractivity contribution is 5.64. The fraction of sp³-hybridized carbons (Fsp3) is 0.500. The molecule has 0 spiro atoms. The van der Waals surface area contributed by atoms with Crippen LogP contribution in [0.3, 0.4) is 0 Å². The van der Waals surface area contributed by atoms with E-state index >= 15 is 0 Å². The van der Waals surface area contributed by atoms with Crippen molar-refractivity contribution >= 4 is 11.8 Å². The van der Waals surface area contributed by atoms with Crippen molar-refractivity contribution in [3.05, 3.63) is 29.2 Å². The third kappa shape index (κ3) is 5.13. The number of hydrogen-bond donors (Lipinski definition) is 0. The molecule has 0 N–H and O–H groups in total. The number of benzene rings is 1. The number of nitrogens with zero attached hydrogens (tertiary/aromatic N) is 1. The van der Waals surface area contributed by atoms with Crippen LogP contribution in [0.2, 0.25) is 0 Å². The zero-order chi connectivity index (χ0) is 15.1. The van der Waals surface area contributed by atoms with Crippen molar-refractivity contribution in [2.45, 2.75) is 32.0 Å². The highest BCUT2D eigenvalue weighted by atomic mass is 16.7. The predicted octanol–water partition coefficient (Wildman–Crippen LogP) is 3.14. The van der Waals surface area contributed by atoms with Crippen LogP contribution in [-0.2, 0) is 14.2 Å². The lowest BCUT2D eigenvalue weighted by molar-refractivity contribution is -0.126. The van der Waals surface area contributed by atoms with Crippen LogP contribution in [0.25, 0.3) is 0 Å². The summed E-state index contributed by atoms with van der Waals surface area (Å²) in [5.41, 5.74) is 0.262. The summed E-state index contributed by atoms with van der Waals surface area (Å²) >= 11 is 0. The SMILES string of the molecule is CC1CCC(OC(=O)Oc2ccc(N=O)cc2)COCO1. The van der Waals surface area contributed by atoms with Crippen molar-refractivity contribution in [2.75, 3.05) is 13.4 Å². The number of ether oxygens (including phenoxy) is 4. The molecule has 1 saturated heterocycles. The third-order valence-electron chi connectivity index (χ3n) is 3.04. The molecule has 1 fully saturated rings. The van der Waals surface area contributed by atoms with Crippen LogP contribution in [-0.4, -0.2) is 31.8 Å². The fourth-order valence-electron chi connectivity index (χ4n) is 1.86. The molecule has 0 bridgehead atoms. The number of rotatable bonds is 3. The van der Waals surface area contributed by atoms with Gasteiger partial charge in [0.25, 0.3) is 0 Å². The highest BCUT2D eigenvalue weighted by Gasteiger charge is 2.20. The molecular weight excluding hydrogens is 278 g/mol. The lowest BCUT2D eigenvalue weighted by Gasteiger charge is -2.23. The first-order valence-corrected chi connectivity index (χ1v) is 6.68. The molecule has 7 heteroatoms. The summed E-state index contributed by atoms with van der Waals surface area (Å²) in [4.78, 5) is 22.0. The van der Waals surface area contributed by atoms with Gasteiger partial charge in [0.15, 0.2) is 0 Å². The highest BCUT2D eigenvalue weighted by Crippen LogP contribution is 2.19. The second-order valence-corrected chi connectivity index (χ2v) is 4.72. The molecule has 21 heavy (non-hydrogen) atoms. The summed E-state index contributed by atoms with van der Waals surface area (Å²) < 4.78 is 20.8. The Balaban J connectivity index is 1.83. The zero-order valence-corrected chi connectivity index (χ0v) is 11.7. The van der Waals surface area contributed by atoms with E-state index in [0.717, 1.165) is 6.42 Å². The average Bonchev–Trinajstić information content (AvgIpc) is 2.47. The third-order valence-corrected chi connectivity index (χ3v) is 3.04. The Morgan fingerprint density at radius 2 is 2.05 bits per heavy atom. The molecule has 1 heterocycles. The first kappa shape index (κ1) is 15.4. The van der Waals surface area contributed by atoms with E-state index in [1.807, 2.05) is 6.92 Å².